The second-order valence-electron chi connectivity index (χ2n) is 4.58. The minimum atomic E-state index is 0.381. The molecule has 0 bridgehead atoms. The summed E-state index contributed by atoms with van der Waals surface area (Å²) in [6, 6.07) is 4.36. The van der Waals surface area contributed by atoms with E-state index in [-0.39, 0.29) is 0 Å². The Labute approximate surface area is 99.2 Å². The quantitative estimate of drug-likeness (QED) is 0.645. The maximum absolute atomic E-state index is 6.06. The van der Waals surface area contributed by atoms with E-state index in [9.17, 15) is 0 Å². The molecule has 1 aromatic rings. The molecule has 2 heteroatoms. The topological polar surface area (TPSA) is 39.2 Å². The predicted octanol–water partition coefficient (Wildman–Crippen LogP) is 3.90. The highest BCUT2D eigenvalue weighted by atomic mass is 16.3. The monoisotopic (exact) mass is 223 g/mol. The smallest absolute Gasteiger partial charge is 0.103 e. The lowest BCUT2D eigenvalue weighted by Gasteiger charge is -2.10. The lowest BCUT2D eigenvalue weighted by atomic mass is 10.0. The summed E-state index contributed by atoms with van der Waals surface area (Å²) >= 11 is 0. The Morgan fingerprint density at radius 2 is 2.00 bits per heavy atom. The lowest BCUT2D eigenvalue weighted by Crippen LogP contribution is -2.19. The second-order valence-corrected chi connectivity index (χ2v) is 4.58. The van der Waals surface area contributed by atoms with E-state index in [1.54, 1.807) is 6.26 Å². The summed E-state index contributed by atoms with van der Waals surface area (Å²) in [5, 5.41) is 0. The highest BCUT2D eigenvalue weighted by molar-refractivity contribution is 4.97. The van der Waals surface area contributed by atoms with Gasteiger partial charge >= 0.3 is 0 Å². The Bertz CT molecular complexity index is 243. The van der Waals surface area contributed by atoms with Gasteiger partial charge in [0.15, 0.2) is 0 Å². The van der Waals surface area contributed by atoms with E-state index >= 15 is 0 Å². The van der Waals surface area contributed by atoms with Crippen molar-refractivity contribution in [2.75, 3.05) is 0 Å². The van der Waals surface area contributed by atoms with Crippen LogP contribution in [0.3, 0.4) is 0 Å². The molecule has 1 rings (SSSR count). The zero-order valence-electron chi connectivity index (χ0n) is 10.5. The van der Waals surface area contributed by atoms with Crippen molar-refractivity contribution in [3.63, 3.8) is 0 Å². The van der Waals surface area contributed by atoms with Crippen molar-refractivity contribution >= 4 is 0 Å². The van der Waals surface area contributed by atoms with Gasteiger partial charge in [-0.05, 0) is 31.4 Å². The fourth-order valence-electron chi connectivity index (χ4n) is 1.97. The maximum Gasteiger partial charge on any atom is 0.103 e. The molecule has 92 valence electrons. The normalized spacial score (nSPS) is 12.9. The standard InChI is InChI=1S/C14H25NO/c1-2-3-4-5-8-13(15)9-6-10-14-11-7-12-16-14/h7,11-13H,2-6,8-10,15H2,1H3. The fourth-order valence-corrected chi connectivity index (χ4v) is 1.97. The zero-order valence-corrected chi connectivity index (χ0v) is 10.5. The number of rotatable bonds is 9. The number of aryl methyl sites for hydroxylation is 1. The molecule has 0 aliphatic heterocycles. The van der Waals surface area contributed by atoms with E-state index in [2.05, 4.69) is 6.92 Å². The van der Waals surface area contributed by atoms with Crippen molar-refractivity contribution in [1.29, 1.82) is 0 Å². The predicted molar refractivity (Wildman–Crippen MR) is 68.4 cm³/mol. The zero-order chi connectivity index (χ0) is 11.6. The Hall–Kier alpha value is -0.760. The molecule has 0 fully saturated rings. The third-order valence-corrected chi connectivity index (χ3v) is 3.01. The molecule has 0 radical (unpaired) electrons. The molecule has 0 saturated heterocycles. The molecule has 1 heterocycles. The Kier molecular flexibility index (Phi) is 6.98. The van der Waals surface area contributed by atoms with Gasteiger partial charge in [-0.15, -0.1) is 0 Å². The van der Waals surface area contributed by atoms with Gasteiger partial charge in [0.05, 0.1) is 6.26 Å². The summed E-state index contributed by atoms with van der Waals surface area (Å²) in [5.41, 5.74) is 6.06. The SMILES string of the molecule is CCCCCCC(N)CCCc1ccco1. The second kappa shape index (κ2) is 8.40. The molecule has 0 saturated carbocycles. The van der Waals surface area contributed by atoms with Crippen LogP contribution in [0.1, 0.15) is 57.6 Å². The molecule has 0 aliphatic rings. The van der Waals surface area contributed by atoms with Gasteiger partial charge in [-0.1, -0.05) is 32.6 Å². The number of nitrogens with two attached hydrogens (primary N) is 1. The number of hydrogen-bond donors (Lipinski definition) is 1. The first-order valence-electron chi connectivity index (χ1n) is 6.61. The van der Waals surface area contributed by atoms with Crippen LogP contribution in [0, 0.1) is 0 Å². The highest BCUT2D eigenvalue weighted by Crippen LogP contribution is 2.11. The van der Waals surface area contributed by atoms with E-state index in [4.69, 9.17) is 10.2 Å². The molecule has 0 aromatic carbocycles. The molecule has 0 amide bonds. The summed E-state index contributed by atoms with van der Waals surface area (Å²) in [7, 11) is 0. The Morgan fingerprint density at radius 1 is 1.19 bits per heavy atom. The first kappa shape index (κ1) is 13.3. The molecule has 0 aliphatic carbocycles. The van der Waals surface area contributed by atoms with Crippen molar-refractivity contribution in [1.82, 2.24) is 0 Å². The minimum Gasteiger partial charge on any atom is -0.469 e. The first-order chi connectivity index (χ1) is 7.83. The summed E-state index contributed by atoms with van der Waals surface area (Å²) in [6.07, 6.45) is 11.5. The number of furan rings is 1. The molecule has 16 heavy (non-hydrogen) atoms. The average molecular weight is 223 g/mol. The summed E-state index contributed by atoms with van der Waals surface area (Å²) < 4.78 is 5.29. The van der Waals surface area contributed by atoms with Gasteiger partial charge in [-0.25, -0.2) is 0 Å². The van der Waals surface area contributed by atoms with E-state index < -0.39 is 0 Å². The number of hydrogen-bond acceptors (Lipinski definition) is 2. The lowest BCUT2D eigenvalue weighted by molar-refractivity contribution is 0.469. The molecule has 1 aromatic heterocycles. The van der Waals surface area contributed by atoms with Crippen LogP contribution in [0.2, 0.25) is 0 Å². The van der Waals surface area contributed by atoms with Crippen molar-refractivity contribution in [3.05, 3.63) is 24.2 Å². The molecule has 2 nitrogen and oxygen atoms in total. The van der Waals surface area contributed by atoms with Crippen LogP contribution in [0.4, 0.5) is 0 Å². The van der Waals surface area contributed by atoms with Gasteiger partial charge in [0, 0.05) is 12.5 Å². The van der Waals surface area contributed by atoms with Gasteiger partial charge in [-0.2, -0.15) is 0 Å². The first-order valence-corrected chi connectivity index (χ1v) is 6.61. The number of unbranched alkanes of at least 4 members (excludes halogenated alkanes) is 3. The molecular formula is C14H25NO. The largest absolute Gasteiger partial charge is 0.469 e. The molecule has 2 N–H and O–H groups in total. The molecular weight excluding hydrogens is 198 g/mol. The average Bonchev–Trinajstić information content (AvgIpc) is 2.77. The Balaban J connectivity index is 1.95. The van der Waals surface area contributed by atoms with Crippen LogP contribution < -0.4 is 5.73 Å². The maximum atomic E-state index is 6.06. The molecule has 1 unspecified atom stereocenters. The molecule has 0 spiro atoms. The van der Waals surface area contributed by atoms with Crippen LogP contribution >= 0.6 is 0 Å². The van der Waals surface area contributed by atoms with Gasteiger partial charge in [0.1, 0.15) is 5.76 Å². The Morgan fingerprint density at radius 3 is 2.69 bits per heavy atom. The van der Waals surface area contributed by atoms with Crippen LogP contribution in [-0.2, 0) is 6.42 Å². The van der Waals surface area contributed by atoms with Crippen LogP contribution in [-0.4, -0.2) is 6.04 Å². The van der Waals surface area contributed by atoms with Gasteiger partial charge < -0.3 is 10.2 Å². The van der Waals surface area contributed by atoms with Crippen LogP contribution in [0.5, 0.6) is 0 Å². The summed E-state index contributed by atoms with van der Waals surface area (Å²) in [4.78, 5) is 0. The van der Waals surface area contributed by atoms with Gasteiger partial charge in [-0.3, -0.25) is 0 Å². The fraction of sp³-hybridized carbons (Fsp3) is 0.714. The van der Waals surface area contributed by atoms with Crippen LogP contribution in [0.25, 0.3) is 0 Å². The van der Waals surface area contributed by atoms with Crippen molar-refractivity contribution in [3.8, 4) is 0 Å². The van der Waals surface area contributed by atoms with Gasteiger partial charge in [0.2, 0.25) is 0 Å². The minimum absolute atomic E-state index is 0.381. The summed E-state index contributed by atoms with van der Waals surface area (Å²) in [5.74, 6) is 1.08. The van der Waals surface area contributed by atoms with E-state index in [1.807, 2.05) is 12.1 Å². The highest BCUT2D eigenvalue weighted by Gasteiger charge is 2.03. The van der Waals surface area contributed by atoms with E-state index in [0.717, 1.165) is 25.0 Å². The van der Waals surface area contributed by atoms with E-state index in [1.165, 1.54) is 32.1 Å². The van der Waals surface area contributed by atoms with Crippen LogP contribution in [0.15, 0.2) is 22.8 Å². The summed E-state index contributed by atoms with van der Waals surface area (Å²) in [6.45, 7) is 2.24. The molecule has 1 atom stereocenters. The third kappa shape index (κ3) is 5.96. The third-order valence-electron chi connectivity index (χ3n) is 3.01. The van der Waals surface area contributed by atoms with E-state index in [0.29, 0.717) is 6.04 Å². The van der Waals surface area contributed by atoms with Crippen molar-refractivity contribution < 1.29 is 4.42 Å². The van der Waals surface area contributed by atoms with Gasteiger partial charge in [0.25, 0.3) is 0 Å². The van der Waals surface area contributed by atoms with Crippen molar-refractivity contribution in [2.45, 2.75) is 64.3 Å². The van der Waals surface area contributed by atoms with Crippen molar-refractivity contribution in [2.24, 2.45) is 5.73 Å².